The van der Waals surface area contributed by atoms with Crippen LogP contribution in [0.2, 0.25) is 0 Å². The van der Waals surface area contributed by atoms with Crippen LogP contribution in [0.25, 0.3) is 0 Å². The van der Waals surface area contributed by atoms with Crippen LogP contribution in [-0.2, 0) is 4.79 Å². The average Bonchev–Trinajstić information content (AvgIpc) is 2.11. The number of hydrogen-bond donors (Lipinski definition) is 3. The maximum absolute atomic E-state index is 11.6. The van der Waals surface area contributed by atoms with Gasteiger partial charge in [-0.1, -0.05) is 13.8 Å². The molecule has 4 heteroatoms. The second kappa shape index (κ2) is 6.86. The number of hydrogen-bond acceptors (Lipinski definition) is 3. The van der Waals surface area contributed by atoms with Gasteiger partial charge in [0, 0.05) is 26.2 Å². The molecule has 1 amide bonds. The number of aliphatic hydroxyl groups is 1. The lowest BCUT2D eigenvalue weighted by atomic mass is 9.94. The van der Waals surface area contributed by atoms with Gasteiger partial charge in [0.1, 0.15) is 0 Å². The summed E-state index contributed by atoms with van der Waals surface area (Å²) in [4.78, 5) is 11.6. The fourth-order valence-electron chi connectivity index (χ4n) is 2.02. The van der Waals surface area contributed by atoms with E-state index in [1.54, 1.807) is 0 Å². The highest BCUT2D eigenvalue weighted by atomic mass is 16.3. The quantitative estimate of drug-likeness (QED) is 0.590. The zero-order valence-electron chi connectivity index (χ0n) is 10.3. The highest BCUT2D eigenvalue weighted by Gasteiger charge is 2.25. The Kier molecular flexibility index (Phi) is 5.77. The first-order valence-corrected chi connectivity index (χ1v) is 6.22. The molecular formula is C12H24N2O2. The van der Waals surface area contributed by atoms with Gasteiger partial charge in [0.2, 0.25) is 5.91 Å². The lowest BCUT2D eigenvalue weighted by molar-refractivity contribution is -0.126. The Bertz CT molecular complexity index is 215. The minimum atomic E-state index is 0.158. The summed E-state index contributed by atoms with van der Waals surface area (Å²) in [6.45, 7) is 6.86. The van der Waals surface area contributed by atoms with Crippen molar-refractivity contribution in [3.05, 3.63) is 0 Å². The number of amides is 1. The zero-order chi connectivity index (χ0) is 12.0. The first-order chi connectivity index (χ1) is 7.63. The van der Waals surface area contributed by atoms with Crippen LogP contribution in [0, 0.1) is 17.8 Å². The Balaban J connectivity index is 2.22. The van der Waals surface area contributed by atoms with Crippen LogP contribution in [0.4, 0.5) is 0 Å². The molecule has 1 saturated heterocycles. The Hall–Kier alpha value is -0.610. The molecule has 94 valence electrons. The SMILES string of the molecule is CC(C)CC(CCO)CNC(=O)C1CNC1. The fraction of sp³-hybridized carbons (Fsp3) is 0.917. The third-order valence-electron chi connectivity index (χ3n) is 3.06. The van der Waals surface area contributed by atoms with E-state index in [4.69, 9.17) is 5.11 Å². The van der Waals surface area contributed by atoms with Crippen molar-refractivity contribution in [3.8, 4) is 0 Å². The molecule has 1 rings (SSSR count). The molecule has 3 N–H and O–H groups in total. The summed E-state index contributed by atoms with van der Waals surface area (Å²) in [6, 6.07) is 0. The van der Waals surface area contributed by atoms with Crippen molar-refractivity contribution in [1.82, 2.24) is 10.6 Å². The molecule has 0 radical (unpaired) electrons. The predicted octanol–water partition coefficient (Wildman–Crippen LogP) is 0.367. The Morgan fingerprint density at radius 3 is 2.62 bits per heavy atom. The summed E-state index contributed by atoms with van der Waals surface area (Å²) < 4.78 is 0. The summed E-state index contributed by atoms with van der Waals surface area (Å²) in [5, 5.41) is 15.0. The summed E-state index contributed by atoms with van der Waals surface area (Å²) >= 11 is 0. The Morgan fingerprint density at radius 2 is 2.19 bits per heavy atom. The van der Waals surface area contributed by atoms with Gasteiger partial charge in [-0.25, -0.2) is 0 Å². The van der Waals surface area contributed by atoms with Gasteiger partial charge in [0.25, 0.3) is 0 Å². The zero-order valence-corrected chi connectivity index (χ0v) is 10.3. The molecule has 0 aromatic carbocycles. The summed E-state index contributed by atoms with van der Waals surface area (Å²) in [7, 11) is 0. The lowest BCUT2D eigenvalue weighted by Crippen LogP contribution is -2.51. The van der Waals surface area contributed by atoms with Crippen molar-refractivity contribution in [2.24, 2.45) is 17.8 Å². The van der Waals surface area contributed by atoms with Gasteiger partial charge >= 0.3 is 0 Å². The molecule has 0 spiro atoms. The molecule has 1 aliphatic heterocycles. The Morgan fingerprint density at radius 1 is 1.50 bits per heavy atom. The highest BCUT2D eigenvalue weighted by Crippen LogP contribution is 2.14. The van der Waals surface area contributed by atoms with Gasteiger partial charge in [-0.3, -0.25) is 4.79 Å². The van der Waals surface area contributed by atoms with Crippen molar-refractivity contribution < 1.29 is 9.90 Å². The van der Waals surface area contributed by atoms with E-state index < -0.39 is 0 Å². The van der Waals surface area contributed by atoms with E-state index >= 15 is 0 Å². The average molecular weight is 228 g/mol. The number of carbonyl (C=O) groups is 1. The van der Waals surface area contributed by atoms with E-state index in [1.807, 2.05) is 0 Å². The molecular weight excluding hydrogens is 204 g/mol. The number of rotatable bonds is 7. The van der Waals surface area contributed by atoms with E-state index in [-0.39, 0.29) is 18.4 Å². The predicted molar refractivity (Wildman–Crippen MR) is 64.0 cm³/mol. The van der Waals surface area contributed by atoms with E-state index in [0.717, 1.165) is 25.9 Å². The van der Waals surface area contributed by atoms with E-state index in [9.17, 15) is 4.79 Å². The molecule has 1 aliphatic rings. The van der Waals surface area contributed by atoms with Gasteiger partial charge < -0.3 is 15.7 Å². The van der Waals surface area contributed by atoms with E-state index in [1.165, 1.54) is 0 Å². The molecule has 16 heavy (non-hydrogen) atoms. The standard InChI is InChI=1S/C12H24N2O2/c1-9(2)5-10(3-4-15)6-14-12(16)11-7-13-8-11/h9-11,13,15H,3-8H2,1-2H3,(H,14,16). The number of aliphatic hydroxyl groups excluding tert-OH is 1. The molecule has 0 bridgehead atoms. The minimum absolute atomic E-state index is 0.158. The van der Waals surface area contributed by atoms with E-state index in [2.05, 4.69) is 24.5 Å². The minimum Gasteiger partial charge on any atom is -0.396 e. The second-order valence-corrected chi connectivity index (χ2v) is 5.11. The van der Waals surface area contributed by atoms with Crippen molar-refractivity contribution >= 4 is 5.91 Å². The van der Waals surface area contributed by atoms with Crippen molar-refractivity contribution in [2.75, 3.05) is 26.2 Å². The lowest BCUT2D eigenvalue weighted by Gasteiger charge is -2.27. The molecule has 1 heterocycles. The van der Waals surface area contributed by atoms with Crippen LogP contribution in [0.3, 0.4) is 0 Å². The van der Waals surface area contributed by atoms with Crippen LogP contribution in [0.5, 0.6) is 0 Å². The topological polar surface area (TPSA) is 61.4 Å². The van der Waals surface area contributed by atoms with Gasteiger partial charge in [0.05, 0.1) is 5.92 Å². The van der Waals surface area contributed by atoms with Gasteiger partial charge in [0.15, 0.2) is 0 Å². The second-order valence-electron chi connectivity index (χ2n) is 5.11. The van der Waals surface area contributed by atoms with Crippen LogP contribution in [0.15, 0.2) is 0 Å². The molecule has 1 unspecified atom stereocenters. The van der Waals surface area contributed by atoms with Crippen molar-refractivity contribution in [2.45, 2.75) is 26.7 Å². The van der Waals surface area contributed by atoms with Crippen molar-refractivity contribution in [1.29, 1.82) is 0 Å². The first kappa shape index (κ1) is 13.5. The number of carbonyl (C=O) groups excluding carboxylic acids is 1. The molecule has 0 aromatic rings. The fourth-order valence-corrected chi connectivity index (χ4v) is 2.02. The molecule has 0 saturated carbocycles. The summed E-state index contributed by atoms with van der Waals surface area (Å²) in [5.74, 6) is 1.33. The maximum atomic E-state index is 11.6. The molecule has 1 fully saturated rings. The first-order valence-electron chi connectivity index (χ1n) is 6.22. The van der Waals surface area contributed by atoms with Crippen LogP contribution in [0.1, 0.15) is 26.7 Å². The summed E-state index contributed by atoms with van der Waals surface area (Å²) in [6.07, 6.45) is 1.84. The van der Waals surface area contributed by atoms with Crippen LogP contribution >= 0.6 is 0 Å². The monoisotopic (exact) mass is 228 g/mol. The maximum Gasteiger partial charge on any atom is 0.225 e. The largest absolute Gasteiger partial charge is 0.396 e. The normalized spacial score (nSPS) is 18.2. The van der Waals surface area contributed by atoms with Crippen molar-refractivity contribution in [3.63, 3.8) is 0 Å². The molecule has 4 nitrogen and oxygen atoms in total. The molecule has 0 aromatic heterocycles. The Labute approximate surface area is 97.8 Å². The van der Waals surface area contributed by atoms with Crippen LogP contribution < -0.4 is 10.6 Å². The van der Waals surface area contributed by atoms with Gasteiger partial charge in [-0.05, 0) is 24.7 Å². The molecule has 1 atom stereocenters. The highest BCUT2D eigenvalue weighted by molar-refractivity contribution is 5.79. The van der Waals surface area contributed by atoms with E-state index in [0.29, 0.717) is 18.4 Å². The third-order valence-corrected chi connectivity index (χ3v) is 3.06. The van der Waals surface area contributed by atoms with Gasteiger partial charge in [-0.2, -0.15) is 0 Å². The molecule has 0 aliphatic carbocycles. The third kappa shape index (κ3) is 4.49. The summed E-state index contributed by atoms with van der Waals surface area (Å²) in [5.41, 5.74) is 0. The van der Waals surface area contributed by atoms with Gasteiger partial charge in [-0.15, -0.1) is 0 Å². The number of nitrogens with one attached hydrogen (secondary N) is 2. The smallest absolute Gasteiger partial charge is 0.225 e. The van der Waals surface area contributed by atoms with Crippen LogP contribution in [-0.4, -0.2) is 37.3 Å².